The van der Waals surface area contributed by atoms with Crippen LogP contribution in [0.5, 0.6) is 0 Å². The zero-order valence-electron chi connectivity index (χ0n) is 20.0. The quantitative estimate of drug-likeness (QED) is 0.246. The minimum Gasteiger partial charge on any atom is -0.870 e. The molecule has 0 saturated carbocycles. The Morgan fingerprint density at radius 2 is 0.909 bits per heavy atom. The van der Waals surface area contributed by atoms with E-state index in [0.717, 1.165) is 18.6 Å². The van der Waals surface area contributed by atoms with E-state index in [1.54, 1.807) is 0 Å². The second-order valence-corrected chi connectivity index (χ2v) is 14.0. The van der Waals surface area contributed by atoms with Crippen LogP contribution in [0.4, 0.5) is 0 Å². The Kier molecular flexibility index (Phi) is 11.4. The number of benzene rings is 3. The van der Waals surface area contributed by atoms with E-state index in [1.165, 1.54) is 15.9 Å². The van der Waals surface area contributed by atoms with E-state index in [-0.39, 0.29) is 5.48 Å². The summed E-state index contributed by atoms with van der Waals surface area (Å²) in [5, 5.41) is 4.23. The topological polar surface area (TPSA) is 57.7 Å². The molecule has 0 unspecified atom stereocenters. The highest BCUT2D eigenvalue weighted by molar-refractivity contribution is 7.95. The molecule has 0 amide bonds. The molecule has 0 aliphatic heterocycles. The lowest BCUT2D eigenvalue weighted by Gasteiger charge is -2.31. The van der Waals surface area contributed by atoms with Gasteiger partial charge in [0, 0.05) is 25.9 Å². The van der Waals surface area contributed by atoms with Gasteiger partial charge in [-0.05, 0) is 63.6 Å². The number of hydrogen-bond donors (Lipinski definition) is 0. The lowest BCUT2D eigenvalue weighted by atomic mass is 10.4. The van der Waals surface area contributed by atoms with Crippen molar-refractivity contribution in [3.8, 4) is 0 Å². The van der Waals surface area contributed by atoms with Gasteiger partial charge in [0.05, 0.1) is 6.16 Å². The van der Waals surface area contributed by atoms with Crippen molar-refractivity contribution in [3.05, 3.63) is 91.0 Å². The van der Waals surface area contributed by atoms with E-state index in [0.29, 0.717) is 19.8 Å². The molecule has 0 heterocycles. The van der Waals surface area contributed by atoms with Gasteiger partial charge in [0.1, 0.15) is 23.2 Å². The SMILES string of the molecule is CCO[Si](CCC[P+](c1ccccc1)(c1ccccc1)c1ccccc1)(OCC)OCC.[OH-]. The summed E-state index contributed by atoms with van der Waals surface area (Å²) in [6, 6.07) is 33.9. The Labute approximate surface area is 200 Å². The van der Waals surface area contributed by atoms with Gasteiger partial charge in [-0.15, -0.1) is 0 Å². The molecule has 3 aromatic rings. The molecule has 0 spiro atoms. The zero-order valence-corrected chi connectivity index (χ0v) is 21.9. The highest BCUT2D eigenvalue weighted by Crippen LogP contribution is 2.56. The van der Waals surface area contributed by atoms with Crippen LogP contribution in [0.2, 0.25) is 6.04 Å². The van der Waals surface area contributed by atoms with Crippen molar-refractivity contribution < 1.29 is 18.8 Å². The summed E-state index contributed by atoms with van der Waals surface area (Å²) in [6.07, 6.45) is 2.03. The molecule has 1 N–H and O–H groups in total. The predicted molar refractivity (Wildman–Crippen MR) is 142 cm³/mol. The van der Waals surface area contributed by atoms with E-state index >= 15 is 0 Å². The fourth-order valence-corrected chi connectivity index (χ4v) is 11.7. The van der Waals surface area contributed by atoms with Gasteiger partial charge in [0.15, 0.2) is 0 Å². The molecule has 0 aliphatic carbocycles. The minimum atomic E-state index is -2.68. The maximum Gasteiger partial charge on any atom is 0.501 e. The fraction of sp³-hybridized carbons (Fsp3) is 0.333. The van der Waals surface area contributed by atoms with E-state index in [1.807, 2.05) is 20.8 Å². The second kappa shape index (κ2) is 13.8. The molecule has 4 nitrogen and oxygen atoms in total. The first kappa shape index (κ1) is 27.4. The molecule has 3 rings (SSSR count). The Hall–Kier alpha value is -1.85. The summed E-state index contributed by atoms with van der Waals surface area (Å²) >= 11 is 0. The van der Waals surface area contributed by atoms with Gasteiger partial charge in [0.25, 0.3) is 0 Å². The summed E-state index contributed by atoms with van der Waals surface area (Å²) in [5.74, 6) is 0. The van der Waals surface area contributed by atoms with Crippen molar-refractivity contribution >= 4 is 32.0 Å². The summed E-state index contributed by atoms with van der Waals surface area (Å²) < 4.78 is 18.4. The first-order valence-electron chi connectivity index (χ1n) is 11.7. The smallest absolute Gasteiger partial charge is 0.501 e. The van der Waals surface area contributed by atoms with Gasteiger partial charge in [-0.2, -0.15) is 0 Å². The highest BCUT2D eigenvalue weighted by Gasteiger charge is 2.47. The summed E-state index contributed by atoms with van der Waals surface area (Å²) in [6.45, 7) is 7.91. The van der Waals surface area contributed by atoms with E-state index in [2.05, 4.69) is 91.0 Å². The highest BCUT2D eigenvalue weighted by atomic mass is 31.2. The van der Waals surface area contributed by atoms with Gasteiger partial charge in [-0.25, -0.2) is 0 Å². The molecular weight excluding hydrogens is 447 g/mol. The molecule has 0 radical (unpaired) electrons. The third-order valence-electron chi connectivity index (χ3n) is 5.66. The van der Waals surface area contributed by atoms with Crippen LogP contribution in [0.3, 0.4) is 0 Å². The lowest BCUT2D eigenvalue weighted by molar-refractivity contribution is 0.0712. The van der Waals surface area contributed by atoms with Crippen molar-refractivity contribution in [2.45, 2.75) is 33.2 Å². The summed E-state index contributed by atoms with van der Waals surface area (Å²) in [7, 11) is -4.52. The molecule has 0 bridgehead atoms. The average Bonchev–Trinajstić information content (AvgIpc) is 2.84. The maximum absolute atomic E-state index is 6.15. The third-order valence-corrected chi connectivity index (χ3v) is 13.3. The first-order valence-corrected chi connectivity index (χ1v) is 15.6. The predicted octanol–water partition coefficient (Wildman–Crippen LogP) is 5.24. The summed E-state index contributed by atoms with van der Waals surface area (Å²) in [5.41, 5.74) is 0. The Balaban J connectivity index is 0.00000385. The molecule has 3 aromatic carbocycles. The molecule has 0 aromatic heterocycles. The average molecular weight is 485 g/mol. The van der Waals surface area contributed by atoms with Crippen LogP contribution < -0.4 is 15.9 Å². The van der Waals surface area contributed by atoms with Gasteiger partial charge >= 0.3 is 8.80 Å². The standard InChI is InChI=1S/C27H36O3PSi.H2O/c1-4-28-32(29-5-2,30-6-3)24-16-23-31(25-17-10-7-11-18-25,26-19-12-8-13-20-26)27-21-14-9-15-22-27;/h7-15,17-22H,4-6,16,23-24H2,1-3H3;1H2/q+1;/p-1. The molecule has 0 saturated heterocycles. The van der Waals surface area contributed by atoms with Crippen LogP contribution in [-0.4, -0.2) is 40.3 Å². The van der Waals surface area contributed by atoms with Gasteiger partial charge in [-0.1, -0.05) is 54.6 Å². The van der Waals surface area contributed by atoms with Gasteiger partial charge in [0.2, 0.25) is 0 Å². The second-order valence-electron chi connectivity index (χ2n) is 7.63. The lowest BCUT2D eigenvalue weighted by Crippen LogP contribution is -2.46. The number of hydrogen-bond acceptors (Lipinski definition) is 4. The van der Waals surface area contributed by atoms with Crippen molar-refractivity contribution in [3.63, 3.8) is 0 Å². The third kappa shape index (κ3) is 6.60. The van der Waals surface area contributed by atoms with Crippen LogP contribution in [0.25, 0.3) is 0 Å². The summed E-state index contributed by atoms with van der Waals surface area (Å²) in [4.78, 5) is 0. The molecule has 0 atom stereocenters. The first-order chi connectivity index (χ1) is 15.7. The van der Waals surface area contributed by atoms with Crippen molar-refractivity contribution in [2.75, 3.05) is 26.0 Å². The molecule has 6 heteroatoms. The van der Waals surface area contributed by atoms with Gasteiger partial charge in [-0.3, -0.25) is 0 Å². The van der Waals surface area contributed by atoms with Crippen molar-refractivity contribution in [1.82, 2.24) is 0 Å². The molecule has 178 valence electrons. The fourth-order valence-electron chi connectivity index (χ4n) is 4.42. The zero-order chi connectivity index (χ0) is 22.7. The maximum atomic E-state index is 6.15. The van der Waals surface area contributed by atoms with E-state index < -0.39 is 16.1 Å². The monoisotopic (exact) mass is 484 g/mol. The van der Waals surface area contributed by atoms with E-state index in [9.17, 15) is 0 Å². The largest absolute Gasteiger partial charge is 0.870 e. The van der Waals surface area contributed by atoms with Crippen LogP contribution in [-0.2, 0) is 13.3 Å². The van der Waals surface area contributed by atoms with Crippen LogP contribution >= 0.6 is 7.26 Å². The van der Waals surface area contributed by atoms with Crippen molar-refractivity contribution in [2.24, 2.45) is 0 Å². The molecular formula is C27H37O4PSi. The molecule has 0 fully saturated rings. The molecule has 0 aliphatic rings. The Morgan fingerprint density at radius 1 is 0.576 bits per heavy atom. The molecule has 33 heavy (non-hydrogen) atoms. The Morgan fingerprint density at radius 3 is 1.21 bits per heavy atom. The normalized spacial score (nSPS) is 11.7. The van der Waals surface area contributed by atoms with Crippen LogP contribution in [0.15, 0.2) is 91.0 Å². The Bertz CT molecular complexity index is 795. The van der Waals surface area contributed by atoms with Gasteiger partial charge < -0.3 is 18.8 Å². The van der Waals surface area contributed by atoms with Crippen LogP contribution in [0, 0.1) is 0 Å². The van der Waals surface area contributed by atoms with Crippen LogP contribution in [0.1, 0.15) is 27.2 Å². The minimum absolute atomic E-state index is 0. The van der Waals surface area contributed by atoms with E-state index in [4.69, 9.17) is 13.3 Å². The van der Waals surface area contributed by atoms with Crippen molar-refractivity contribution in [1.29, 1.82) is 0 Å². The number of rotatable bonds is 13.